The second-order valence-corrected chi connectivity index (χ2v) is 6.54. The van der Waals surface area contributed by atoms with Gasteiger partial charge in [-0.25, -0.2) is 4.68 Å². The van der Waals surface area contributed by atoms with Crippen molar-refractivity contribution in [3.8, 4) is 22.8 Å². The number of amides is 1. The van der Waals surface area contributed by atoms with E-state index in [9.17, 15) is 4.79 Å². The SMILES string of the molecule is COc1ccc(CN[C@H]2CNC(=O)c3cc(-c4ccc(OC)cc4)nn32)cc1. The molecule has 0 fully saturated rings. The van der Waals surface area contributed by atoms with E-state index >= 15 is 0 Å². The van der Waals surface area contributed by atoms with Gasteiger partial charge in [0.25, 0.3) is 5.91 Å². The predicted octanol–water partition coefficient (Wildman–Crippen LogP) is 2.60. The first-order valence-electron chi connectivity index (χ1n) is 9.06. The molecule has 2 N–H and O–H groups in total. The van der Waals surface area contributed by atoms with Crippen LogP contribution in [0.3, 0.4) is 0 Å². The highest BCUT2D eigenvalue weighted by molar-refractivity contribution is 5.94. The number of methoxy groups -OCH3 is 2. The Hall–Kier alpha value is -3.32. The summed E-state index contributed by atoms with van der Waals surface area (Å²) in [4.78, 5) is 12.3. The van der Waals surface area contributed by atoms with E-state index in [2.05, 4.69) is 15.7 Å². The van der Waals surface area contributed by atoms with E-state index in [1.54, 1.807) is 18.9 Å². The zero-order valence-electron chi connectivity index (χ0n) is 15.8. The summed E-state index contributed by atoms with van der Waals surface area (Å²) in [6, 6.07) is 17.3. The Morgan fingerprint density at radius 3 is 2.36 bits per heavy atom. The van der Waals surface area contributed by atoms with Crippen molar-refractivity contribution < 1.29 is 14.3 Å². The summed E-state index contributed by atoms with van der Waals surface area (Å²) in [7, 11) is 3.28. The lowest BCUT2D eigenvalue weighted by atomic mass is 10.1. The van der Waals surface area contributed by atoms with Crippen molar-refractivity contribution in [3.05, 3.63) is 65.9 Å². The Labute approximate surface area is 163 Å². The van der Waals surface area contributed by atoms with Crippen molar-refractivity contribution in [2.75, 3.05) is 20.8 Å². The monoisotopic (exact) mass is 378 g/mol. The number of hydrogen-bond acceptors (Lipinski definition) is 5. The average molecular weight is 378 g/mol. The molecule has 144 valence electrons. The number of nitrogens with zero attached hydrogens (tertiary/aromatic N) is 2. The molecular formula is C21H22N4O3. The van der Waals surface area contributed by atoms with Crippen molar-refractivity contribution in [2.24, 2.45) is 0 Å². The van der Waals surface area contributed by atoms with Crippen LogP contribution in [0.25, 0.3) is 11.3 Å². The minimum absolute atomic E-state index is 0.116. The number of carbonyl (C=O) groups is 1. The molecule has 3 aromatic rings. The lowest BCUT2D eigenvalue weighted by Crippen LogP contribution is -2.45. The summed E-state index contributed by atoms with van der Waals surface area (Å²) >= 11 is 0. The van der Waals surface area contributed by atoms with E-state index in [0.29, 0.717) is 18.8 Å². The largest absolute Gasteiger partial charge is 0.497 e. The van der Waals surface area contributed by atoms with Crippen LogP contribution in [0.15, 0.2) is 54.6 Å². The zero-order chi connectivity index (χ0) is 19.5. The smallest absolute Gasteiger partial charge is 0.269 e. The normalized spacial score (nSPS) is 15.6. The molecule has 1 atom stereocenters. The van der Waals surface area contributed by atoms with E-state index in [1.165, 1.54) is 0 Å². The maximum Gasteiger partial charge on any atom is 0.269 e. The van der Waals surface area contributed by atoms with E-state index < -0.39 is 0 Å². The third-order valence-electron chi connectivity index (χ3n) is 4.81. The molecule has 0 radical (unpaired) electrons. The van der Waals surface area contributed by atoms with Gasteiger partial charge < -0.3 is 14.8 Å². The van der Waals surface area contributed by atoms with Gasteiger partial charge >= 0.3 is 0 Å². The van der Waals surface area contributed by atoms with Gasteiger partial charge in [0.15, 0.2) is 0 Å². The fraction of sp³-hybridized carbons (Fsp3) is 0.238. The number of ether oxygens (including phenoxy) is 2. The Morgan fingerprint density at radius 2 is 1.71 bits per heavy atom. The number of fused-ring (bicyclic) bond motifs is 1. The molecule has 1 aliphatic heterocycles. The highest BCUT2D eigenvalue weighted by Gasteiger charge is 2.27. The topological polar surface area (TPSA) is 77.4 Å². The molecular weight excluding hydrogens is 356 g/mol. The van der Waals surface area contributed by atoms with Gasteiger partial charge in [0.2, 0.25) is 0 Å². The number of benzene rings is 2. The van der Waals surface area contributed by atoms with Crippen molar-refractivity contribution in [2.45, 2.75) is 12.7 Å². The van der Waals surface area contributed by atoms with Crippen LogP contribution in [-0.4, -0.2) is 36.5 Å². The first-order chi connectivity index (χ1) is 13.7. The maximum atomic E-state index is 12.3. The summed E-state index contributed by atoms with van der Waals surface area (Å²) in [6.07, 6.45) is -0.123. The second kappa shape index (κ2) is 7.74. The van der Waals surface area contributed by atoms with Gasteiger partial charge in [0.1, 0.15) is 23.4 Å². The molecule has 2 heterocycles. The van der Waals surface area contributed by atoms with E-state index in [4.69, 9.17) is 9.47 Å². The quantitative estimate of drug-likeness (QED) is 0.689. The summed E-state index contributed by atoms with van der Waals surface area (Å²) < 4.78 is 12.2. The first kappa shape index (κ1) is 18.1. The molecule has 1 aliphatic rings. The lowest BCUT2D eigenvalue weighted by Gasteiger charge is -2.25. The third-order valence-corrected chi connectivity index (χ3v) is 4.81. The van der Waals surface area contributed by atoms with Gasteiger partial charge in [-0.2, -0.15) is 5.10 Å². The minimum Gasteiger partial charge on any atom is -0.497 e. The molecule has 0 saturated heterocycles. The molecule has 0 bridgehead atoms. The number of rotatable bonds is 6. The van der Waals surface area contributed by atoms with Crippen molar-refractivity contribution in [1.29, 1.82) is 0 Å². The summed E-state index contributed by atoms with van der Waals surface area (Å²) in [5.41, 5.74) is 3.36. The third kappa shape index (κ3) is 3.57. The van der Waals surface area contributed by atoms with Gasteiger partial charge in [0.05, 0.1) is 26.5 Å². The number of nitrogens with one attached hydrogen (secondary N) is 2. The van der Waals surface area contributed by atoms with Crippen LogP contribution in [0, 0.1) is 0 Å². The summed E-state index contributed by atoms with van der Waals surface area (Å²) in [5.74, 6) is 1.49. The molecule has 0 aliphatic carbocycles. The first-order valence-corrected chi connectivity index (χ1v) is 9.06. The van der Waals surface area contributed by atoms with Crippen molar-refractivity contribution in [1.82, 2.24) is 20.4 Å². The van der Waals surface area contributed by atoms with Crippen LogP contribution in [0.5, 0.6) is 11.5 Å². The molecule has 2 aromatic carbocycles. The highest BCUT2D eigenvalue weighted by Crippen LogP contribution is 2.25. The molecule has 0 saturated carbocycles. The predicted molar refractivity (Wildman–Crippen MR) is 105 cm³/mol. The number of aromatic nitrogens is 2. The van der Waals surface area contributed by atoms with Gasteiger partial charge in [-0.05, 0) is 48.0 Å². The van der Waals surface area contributed by atoms with Gasteiger partial charge in [0, 0.05) is 12.1 Å². The Kier molecular flexibility index (Phi) is 4.99. The Balaban J connectivity index is 1.54. The fourth-order valence-corrected chi connectivity index (χ4v) is 3.21. The average Bonchev–Trinajstić information content (AvgIpc) is 3.20. The molecule has 1 amide bonds. The van der Waals surface area contributed by atoms with Gasteiger partial charge in [-0.3, -0.25) is 10.1 Å². The van der Waals surface area contributed by atoms with Gasteiger partial charge in [-0.1, -0.05) is 12.1 Å². The van der Waals surface area contributed by atoms with Crippen LogP contribution >= 0.6 is 0 Å². The highest BCUT2D eigenvalue weighted by atomic mass is 16.5. The molecule has 7 nitrogen and oxygen atoms in total. The van der Waals surface area contributed by atoms with Crippen LogP contribution in [0.2, 0.25) is 0 Å². The van der Waals surface area contributed by atoms with Crippen molar-refractivity contribution in [3.63, 3.8) is 0 Å². The molecule has 7 heteroatoms. The molecule has 0 spiro atoms. The standard InChI is InChI=1S/C21H22N4O3/c1-27-16-7-3-14(4-8-16)12-22-20-13-23-21(26)19-11-18(24-25(19)20)15-5-9-17(28-2)10-6-15/h3-11,20,22H,12-13H2,1-2H3,(H,23,26)/t20-/m1/s1. The van der Waals surface area contributed by atoms with Crippen LogP contribution < -0.4 is 20.1 Å². The van der Waals surface area contributed by atoms with E-state index in [-0.39, 0.29) is 12.1 Å². The van der Waals surface area contributed by atoms with Gasteiger partial charge in [-0.15, -0.1) is 0 Å². The van der Waals surface area contributed by atoms with Crippen LogP contribution in [0.1, 0.15) is 22.2 Å². The lowest BCUT2D eigenvalue weighted by molar-refractivity contribution is 0.0900. The minimum atomic E-state index is -0.123. The fourth-order valence-electron chi connectivity index (χ4n) is 3.21. The van der Waals surface area contributed by atoms with Crippen molar-refractivity contribution >= 4 is 5.91 Å². The second-order valence-electron chi connectivity index (χ2n) is 6.54. The van der Waals surface area contributed by atoms with E-state index in [0.717, 1.165) is 28.3 Å². The zero-order valence-corrected chi connectivity index (χ0v) is 15.8. The maximum absolute atomic E-state index is 12.3. The molecule has 4 rings (SSSR count). The summed E-state index contributed by atoms with van der Waals surface area (Å²) in [6.45, 7) is 1.13. The number of hydrogen-bond donors (Lipinski definition) is 2. The molecule has 1 aromatic heterocycles. The van der Waals surface area contributed by atoms with Crippen LogP contribution in [0.4, 0.5) is 0 Å². The molecule has 28 heavy (non-hydrogen) atoms. The Morgan fingerprint density at radius 1 is 1.07 bits per heavy atom. The molecule has 0 unspecified atom stereocenters. The number of carbonyl (C=O) groups excluding carboxylic acids is 1. The Bertz CT molecular complexity index is 964. The summed E-state index contributed by atoms with van der Waals surface area (Å²) in [5, 5.41) is 11.1. The van der Waals surface area contributed by atoms with Crippen LogP contribution in [-0.2, 0) is 6.54 Å². The van der Waals surface area contributed by atoms with E-state index in [1.807, 2.05) is 54.6 Å².